The number of benzene rings is 1. The minimum absolute atomic E-state index is 0.0624. The molecule has 0 unspecified atom stereocenters. The van der Waals surface area contributed by atoms with Crippen LogP contribution in [-0.4, -0.2) is 46.2 Å². The van der Waals surface area contributed by atoms with Crippen LogP contribution in [0.2, 0.25) is 0 Å². The molecule has 1 fully saturated rings. The Balaban J connectivity index is 1.41. The molecule has 4 rings (SSSR count). The third kappa shape index (κ3) is 3.11. The average molecular weight is 353 g/mol. The summed E-state index contributed by atoms with van der Waals surface area (Å²) in [5.41, 5.74) is 3.71. The van der Waals surface area contributed by atoms with Crippen LogP contribution >= 0.6 is 0 Å². The molecule has 1 aromatic heterocycles. The molecule has 1 aromatic carbocycles. The van der Waals surface area contributed by atoms with Crippen molar-refractivity contribution in [3.8, 4) is 0 Å². The molecule has 1 saturated heterocycles. The van der Waals surface area contributed by atoms with Gasteiger partial charge in [-0.3, -0.25) is 9.59 Å². The monoisotopic (exact) mass is 353 g/mol. The van der Waals surface area contributed by atoms with Gasteiger partial charge in [0.1, 0.15) is 0 Å². The van der Waals surface area contributed by atoms with Crippen molar-refractivity contribution in [3.05, 3.63) is 35.5 Å². The molecular formula is C21H27N3O2. The number of carbonyl (C=O) groups excluding carboxylic acids is 2. The van der Waals surface area contributed by atoms with E-state index in [1.54, 1.807) is 0 Å². The molecule has 26 heavy (non-hydrogen) atoms. The highest BCUT2D eigenvalue weighted by molar-refractivity contribution is 5.86. The summed E-state index contributed by atoms with van der Waals surface area (Å²) in [6, 6.07) is 8.33. The first kappa shape index (κ1) is 17.1. The van der Waals surface area contributed by atoms with Gasteiger partial charge >= 0.3 is 0 Å². The first-order valence-electron chi connectivity index (χ1n) is 9.82. The predicted molar refractivity (Wildman–Crippen MR) is 102 cm³/mol. The number of para-hydroxylation sites is 1. The lowest BCUT2D eigenvalue weighted by atomic mass is 9.93. The zero-order chi connectivity index (χ0) is 18.1. The van der Waals surface area contributed by atoms with E-state index in [2.05, 4.69) is 23.2 Å². The highest BCUT2D eigenvalue weighted by atomic mass is 16.2. The van der Waals surface area contributed by atoms with Gasteiger partial charge in [-0.25, -0.2) is 0 Å². The Bertz CT molecular complexity index is 818. The molecule has 2 aromatic rings. The fourth-order valence-corrected chi connectivity index (χ4v) is 4.36. The number of H-pyrrole nitrogens is 1. The van der Waals surface area contributed by atoms with Crippen LogP contribution in [0.1, 0.15) is 43.9 Å². The fourth-order valence-electron chi connectivity index (χ4n) is 4.36. The number of rotatable bonds is 3. The maximum Gasteiger partial charge on any atom is 0.226 e. The topological polar surface area (TPSA) is 56.4 Å². The zero-order valence-electron chi connectivity index (χ0n) is 15.5. The number of piperidine rings is 1. The van der Waals surface area contributed by atoms with Gasteiger partial charge in [-0.15, -0.1) is 0 Å². The van der Waals surface area contributed by atoms with Crippen molar-refractivity contribution in [2.24, 2.45) is 5.92 Å². The summed E-state index contributed by atoms with van der Waals surface area (Å²) in [6.07, 6.45) is 3.99. The van der Waals surface area contributed by atoms with Crippen LogP contribution in [0, 0.1) is 5.92 Å². The van der Waals surface area contributed by atoms with E-state index < -0.39 is 0 Å². The summed E-state index contributed by atoms with van der Waals surface area (Å²) in [5.74, 6) is 0.566. The van der Waals surface area contributed by atoms with Gasteiger partial charge in [0.2, 0.25) is 11.8 Å². The molecule has 1 N–H and O–H groups in total. The lowest BCUT2D eigenvalue weighted by molar-refractivity contribution is -0.141. The molecule has 2 amide bonds. The Morgan fingerprint density at radius 2 is 1.88 bits per heavy atom. The molecule has 0 spiro atoms. The van der Waals surface area contributed by atoms with Crippen molar-refractivity contribution in [2.75, 3.05) is 19.6 Å². The lowest BCUT2D eigenvalue weighted by Gasteiger charge is -2.35. The Labute approximate surface area is 154 Å². The first-order chi connectivity index (χ1) is 12.7. The number of amides is 2. The number of nitrogens with one attached hydrogen (secondary N) is 1. The van der Waals surface area contributed by atoms with E-state index in [1.165, 1.54) is 16.6 Å². The van der Waals surface area contributed by atoms with E-state index in [0.29, 0.717) is 13.0 Å². The molecule has 0 radical (unpaired) electrons. The summed E-state index contributed by atoms with van der Waals surface area (Å²) < 4.78 is 0. The van der Waals surface area contributed by atoms with Crippen molar-refractivity contribution in [3.63, 3.8) is 0 Å². The van der Waals surface area contributed by atoms with E-state index in [4.69, 9.17) is 0 Å². The number of nitrogens with zero attached hydrogens (tertiary/aromatic N) is 2. The third-order valence-electron chi connectivity index (χ3n) is 5.86. The van der Waals surface area contributed by atoms with Crippen LogP contribution in [-0.2, 0) is 22.6 Å². The predicted octanol–water partition coefficient (Wildman–Crippen LogP) is 3.09. The second kappa shape index (κ2) is 7.14. The molecule has 0 saturated carbocycles. The molecule has 2 aliphatic rings. The van der Waals surface area contributed by atoms with Gasteiger partial charge in [0.05, 0.1) is 0 Å². The van der Waals surface area contributed by atoms with E-state index in [1.807, 2.05) is 22.8 Å². The maximum absolute atomic E-state index is 13.0. The summed E-state index contributed by atoms with van der Waals surface area (Å²) in [4.78, 5) is 32.5. The summed E-state index contributed by atoms with van der Waals surface area (Å²) in [6.45, 7) is 4.97. The standard InChI is InChI=1S/C21H27N3O2/c1-2-5-20(25)23-11-8-15(9-12-23)21(26)24-13-10-19-17(14-24)16-6-3-4-7-18(16)22-19/h3-4,6-7,15,22H,2,5,8-14H2,1H3. The largest absolute Gasteiger partial charge is 0.358 e. The SMILES string of the molecule is CCCC(=O)N1CCC(C(=O)N2CCc3[nH]c4ccccc4c3C2)CC1. The van der Waals surface area contributed by atoms with Gasteiger partial charge in [-0.1, -0.05) is 25.1 Å². The van der Waals surface area contributed by atoms with Gasteiger partial charge in [-0.05, 0) is 25.3 Å². The number of likely N-dealkylation sites (tertiary alicyclic amines) is 1. The Morgan fingerprint density at radius 1 is 1.12 bits per heavy atom. The highest BCUT2D eigenvalue weighted by Crippen LogP contribution is 2.29. The van der Waals surface area contributed by atoms with Crippen molar-refractivity contribution in [1.82, 2.24) is 14.8 Å². The van der Waals surface area contributed by atoms with E-state index in [0.717, 1.165) is 50.8 Å². The third-order valence-corrected chi connectivity index (χ3v) is 5.86. The number of aromatic nitrogens is 1. The van der Waals surface area contributed by atoms with E-state index >= 15 is 0 Å². The second-order valence-electron chi connectivity index (χ2n) is 7.54. The molecule has 138 valence electrons. The van der Waals surface area contributed by atoms with Crippen molar-refractivity contribution < 1.29 is 9.59 Å². The summed E-state index contributed by atoms with van der Waals surface area (Å²) in [5, 5.41) is 1.24. The number of hydrogen-bond acceptors (Lipinski definition) is 2. The van der Waals surface area contributed by atoms with Crippen LogP contribution < -0.4 is 0 Å². The molecule has 3 heterocycles. The number of hydrogen-bond donors (Lipinski definition) is 1. The zero-order valence-corrected chi connectivity index (χ0v) is 15.5. The van der Waals surface area contributed by atoms with Crippen LogP contribution in [0.3, 0.4) is 0 Å². The van der Waals surface area contributed by atoms with Crippen molar-refractivity contribution >= 4 is 22.7 Å². The fraction of sp³-hybridized carbons (Fsp3) is 0.524. The molecule has 0 atom stereocenters. The van der Waals surface area contributed by atoms with Crippen LogP contribution in [0.25, 0.3) is 10.9 Å². The Hall–Kier alpha value is -2.30. The van der Waals surface area contributed by atoms with Gasteiger partial charge in [0.25, 0.3) is 0 Å². The summed E-state index contributed by atoms with van der Waals surface area (Å²) in [7, 11) is 0. The van der Waals surface area contributed by atoms with Crippen LogP contribution in [0.15, 0.2) is 24.3 Å². The van der Waals surface area contributed by atoms with Crippen LogP contribution in [0.4, 0.5) is 0 Å². The second-order valence-corrected chi connectivity index (χ2v) is 7.54. The minimum Gasteiger partial charge on any atom is -0.358 e. The number of aromatic amines is 1. The maximum atomic E-state index is 13.0. The normalized spacial score (nSPS) is 18.2. The average Bonchev–Trinajstić information content (AvgIpc) is 3.05. The van der Waals surface area contributed by atoms with Gasteiger partial charge < -0.3 is 14.8 Å². The van der Waals surface area contributed by atoms with Gasteiger partial charge in [0, 0.05) is 67.1 Å². The molecule has 5 heteroatoms. The molecule has 2 aliphatic heterocycles. The highest BCUT2D eigenvalue weighted by Gasteiger charge is 2.32. The van der Waals surface area contributed by atoms with Crippen molar-refractivity contribution in [1.29, 1.82) is 0 Å². The van der Waals surface area contributed by atoms with Crippen molar-refractivity contribution in [2.45, 2.75) is 45.6 Å². The Kier molecular flexibility index (Phi) is 4.70. The van der Waals surface area contributed by atoms with Gasteiger partial charge in [0.15, 0.2) is 0 Å². The minimum atomic E-state index is 0.0624. The van der Waals surface area contributed by atoms with E-state index in [9.17, 15) is 9.59 Å². The van der Waals surface area contributed by atoms with E-state index in [-0.39, 0.29) is 17.7 Å². The lowest BCUT2D eigenvalue weighted by Crippen LogP contribution is -2.45. The quantitative estimate of drug-likeness (QED) is 0.922. The molecule has 0 bridgehead atoms. The molecule has 0 aliphatic carbocycles. The Morgan fingerprint density at radius 3 is 2.65 bits per heavy atom. The van der Waals surface area contributed by atoms with Gasteiger partial charge in [-0.2, -0.15) is 0 Å². The van der Waals surface area contributed by atoms with Crippen LogP contribution in [0.5, 0.6) is 0 Å². The molecular weight excluding hydrogens is 326 g/mol. The number of fused-ring (bicyclic) bond motifs is 3. The smallest absolute Gasteiger partial charge is 0.226 e. The first-order valence-corrected chi connectivity index (χ1v) is 9.82. The summed E-state index contributed by atoms with van der Waals surface area (Å²) >= 11 is 0. The number of carbonyl (C=O) groups is 2. The molecule has 5 nitrogen and oxygen atoms in total.